The third-order valence-corrected chi connectivity index (χ3v) is 4.45. The second kappa shape index (κ2) is 9.52. The Morgan fingerprint density at radius 2 is 2.04 bits per heavy atom. The van der Waals surface area contributed by atoms with Gasteiger partial charge in [0.1, 0.15) is 17.9 Å². The molecule has 1 aromatic carbocycles. The van der Waals surface area contributed by atoms with Crippen LogP contribution in [-0.4, -0.2) is 43.2 Å². The first kappa shape index (κ1) is 18.6. The molecule has 2 N–H and O–H groups in total. The minimum atomic E-state index is -0.342. The maximum Gasteiger partial charge on any atom is 0.341 e. The molecule has 0 unspecified atom stereocenters. The van der Waals surface area contributed by atoms with Gasteiger partial charge in [-0.15, -0.1) is 0 Å². The van der Waals surface area contributed by atoms with E-state index in [2.05, 4.69) is 18.7 Å². The van der Waals surface area contributed by atoms with Gasteiger partial charge in [-0.25, -0.2) is 4.79 Å². The first-order chi connectivity index (χ1) is 11.6. The smallest absolute Gasteiger partial charge is 0.341 e. The van der Waals surface area contributed by atoms with Crippen LogP contribution in [0.2, 0.25) is 0 Å². The lowest BCUT2D eigenvalue weighted by molar-refractivity contribution is 0.0343. The maximum absolute atomic E-state index is 12.4. The number of nitrogen functional groups attached to an aromatic ring is 1. The second-order valence-electron chi connectivity index (χ2n) is 6.50. The minimum Gasteiger partial charge on any atom is -0.493 e. The lowest BCUT2D eigenvalue weighted by Crippen LogP contribution is -2.40. The van der Waals surface area contributed by atoms with Crippen molar-refractivity contribution in [2.75, 3.05) is 32.0 Å². The fraction of sp³-hybridized carbons (Fsp3) is 0.632. The molecule has 1 fully saturated rings. The Kier molecular flexibility index (Phi) is 7.37. The van der Waals surface area contributed by atoms with Crippen LogP contribution in [0.25, 0.3) is 0 Å². The van der Waals surface area contributed by atoms with Gasteiger partial charge in [-0.3, -0.25) is 4.90 Å². The van der Waals surface area contributed by atoms with Crippen molar-refractivity contribution < 1.29 is 14.3 Å². The molecular weight excluding hydrogens is 304 g/mol. The van der Waals surface area contributed by atoms with E-state index < -0.39 is 0 Å². The molecule has 24 heavy (non-hydrogen) atoms. The molecule has 0 aliphatic carbocycles. The predicted molar refractivity (Wildman–Crippen MR) is 96.4 cm³/mol. The van der Waals surface area contributed by atoms with Gasteiger partial charge in [0.25, 0.3) is 0 Å². The Bertz CT molecular complexity index is 527. The van der Waals surface area contributed by atoms with E-state index in [0.717, 1.165) is 25.9 Å². The van der Waals surface area contributed by atoms with Gasteiger partial charge in [-0.05, 0) is 51.4 Å². The summed E-state index contributed by atoms with van der Waals surface area (Å²) in [6.45, 7) is 7.36. The minimum absolute atomic E-state index is 0.243. The summed E-state index contributed by atoms with van der Waals surface area (Å²) in [5.74, 6) is 0.171. The van der Waals surface area contributed by atoms with Crippen molar-refractivity contribution in [3.05, 3.63) is 23.8 Å². The van der Waals surface area contributed by atoms with Crippen LogP contribution in [0.1, 0.15) is 56.3 Å². The highest BCUT2D eigenvalue weighted by molar-refractivity contribution is 5.93. The van der Waals surface area contributed by atoms with Crippen molar-refractivity contribution in [2.24, 2.45) is 0 Å². The molecular formula is C19H30N2O3. The summed E-state index contributed by atoms with van der Waals surface area (Å²) in [5.41, 5.74) is 6.85. The highest BCUT2D eigenvalue weighted by atomic mass is 16.5. The number of rotatable bonds is 8. The number of piperidine rings is 1. The Hall–Kier alpha value is -1.75. The third-order valence-electron chi connectivity index (χ3n) is 4.45. The maximum atomic E-state index is 12.4. The number of benzene rings is 1. The number of hydrogen-bond donors (Lipinski definition) is 1. The Balaban J connectivity index is 1.93. The van der Waals surface area contributed by atoms with Gasteiger partial charge in [0.2, 0.25) is 0 Å². The number of hydrogen-bond acceptors (Lipinski definition) is 5. The van der Waals surface area contributed by atoms with Crippen LogP contribution in [-0.2, 0) is 4.74 Å². The van der Waals surface area contributed by atoms with Crippen LogP contribution in [0.15, 0.2) is 18.2 Å². The van der Waals surface area contributed by atoms with E-state index in [-0.39, 0.29) is 12.0 Å². The highest BCUT2D eigenvalue weighted by Gasteiger charge is 2.20. The van der Waals surface area contributed by atoms with Gasteiger partial charge in [0.05, 0.1) is 6.61 Å². The molecule has 1 aliphatic heterocycles. The summed E-state index contributed by atoms with van der Waals surface area (Å²) >= 11 is 0. The van der Waals surface area contributed by atoms with E-state index in [1.165, 1.54) is 19.3 Å². The Morgan fingerprint density at radius 3 is 2.75 bits per heavy atom. The van der Waals surface area contributed by atoms with Crippen molar-refractivity contribution >= 4 is 11.7 Å². The van der Waals surface area contributed by atoms with E-state index in [1.807, 2.05) is 0 Å². The zero-order valence-electron chi connectivity index (χ0n) is 14.9. The molecule has 1 atom stereocenters. The summed E-state index contributed by atoms with van der Waals surface area (Å²) in [6, 6.07) is 5.33. The topological polar surface area (TPSA) is 64.8 Å². The molecule has 5 heteroatoms. The molecule has 0 radical (unpaired) electrons. The molecule has 0 spiro atoms. The van der Waals surface area contributed by atoms with Crippen LogP contribution >= 0.6 is 0 Å². The lowest BCUT2D eigenvalue weighted by atomic mass is 10.1. The fourth-order valence-corrected chi connectivity index (χ4v) is 2.89. The monoisotopic (exact) mass is 334 g/mol. The van der Waals surface area contributed by atoms with Gasteiger partial charge < -0.3 is 15.2 Å². The molecule has 5 nitrogen and oxygen atoms in total. The molecule has 1 saturated heterocycles. The first-order valence-electron chi connectivity index (χ1n) is 9.05. The van der Waals surface area contributed by atoms with E-state index in [9.17, 15) is 4.79 Å². The number of nitrogens with two attached hydrogens (primary N) is 1. The number of carbonyl (C=O) groups excluding carboxylic acids is 1. The summed E-state index contributed by atoms with van der Waals surface area (Å²) in [7, 11) is 0. The lowest BCUT2D eigenvalue weighted by Gasteiger charge is -2.31. The standard InChI is InChI=1S/C19H30N2O3/c1-3-4-12-23-18-13-16(20)8-9-17(18)19(22)24-14-15(2)21-10-6-5-7-11-21/h8-9,13,15H,3-7,10-12,14,20H2,1-2H3/t15-/m0/s1. The Morgan fingerprint density at radius 1 is 1.29 bits per heavy atom. The molecule has 1 heterocycles. The van der Waals surface area contributed by atoms with E-state index >= 15 is 0 Å². The SMILES string of the molecule is CCCCOc1cc(N)ccc1C(=O)OC[C@H](C)N1CCCCC1. The molecule has 1 aromatic rings. The molecule has 0 amide bonds. The number of anilines is 1. The number of unbranched alkanes of at least 4 members (excludes halogenated alkanes) is 1. The van der Waals surface area contributed by atoms with Crippen LogP contribution in [0.4, 0.5) is 5.69 Å². The number of ether oxygens (including phenoxy) is 2. The number of nitrogens with zero attached hydrogens (tertiary/aromatic N) is 1. The summed E-state index contributed by atoms with van der Waals surface area (Å²) in [5, 5.41) is 0. The summed E-state index contributed by atoms with van der Waals surface area (Å²) in [4.78, 5) is 14.8. The van der Waals surface area contributed by atoms with Gasteiger partial charge in [-0.2, -0.15) is 0 Å². The van der Waals surface area contributed by atoms with Crippen molar-refractivity contribution in [1.29, 1.82) is 0 Å². The molecule has 2 rings (SSSR count). The average Bonchev–Trinajstić information content (AvgIpc) is 2.60. The van der Waals surface area contributed by atoms with Gasteiger partial charge >= 0.3 is 5.97 Å². The Labute approximate surface area is 145 Å². The van der Waals surface area contributed by atoms with Gasteiger partial charge in [0, 0.05) is 17.8 Å². The fourth-order valence-electron chi connectivity index (χ4n) is 2.89. The zero-order valence-corrected chi connectivity index (χ0v) is 14.9. The second-order valence-corrected chi connectivity index (χ2v) is 6.50. The molecule has 0 bridgehead atoms. The summed E-state index contributed by atoms with van der Waals surface area (Å²) < 4.78 is 11.2. The molecule has 1 aliphatic rings. The van der Waals surface area contributed by atoms with Crippen molar-refractivity contribution in [1.82, 2.24) is 4.90 Å². The normalized spacial score (nSPS) is 16.6. The van der Waals surface area contributed by atoms with Crippen LogP contribution in [0, 0.1) is 0 Å². The van der Waals surface area contributed by atoms with Crippen molar-refractivity contribution in [3.63, 3.8) is 0 Å². The van der Waals surface area contributed by atoms with Crippen LogP contribution in [0.3, 0.4) is 0 Å². The highest BCUT2D eigenvalue weighted by Crippen LogP contribution is 2.23. The largest absolute Gasteiger partial charge is 0.493 e. The van der Waals surface area contributed by atoms with Crippen LogP contribution < -0.4 is 10.5 Å². The molecule has 134 valence electrons. The van der Waals surface area contributed by atoms with E-state index in [0.29, 0.717) is 30.2 Å². The van der Waals surface area contributed by atoms with Crippen molar-refractivity contribution in [2.45, 2.75) is 52.0 Å². The quantitative estimate of drug-likeness (QED) is 0.448. The van der Waals surface area contributed by atoms with E-state index in [1.54, 1.807) is 18.2 Å². The third kappa shape index (κ3) is 5.41. The molecule has 0 aromatic heterocycles. The van der Waals surface area contributed by atoms with E-state index in [4.69, 9.17) is 15.2 Å². The first-order valence-corrected chi connectivity index (χ1v) is 9.05. The average molecular weight is 334 g/mol. The number of esters is 1. The summed E-state index contributed by atoms with van der Waals surface area (Å²) in [6.07, 6.45) is 5.73. The number of likely N-dealkylation sites (tertiary alicyclic amines) is 1. The van der Waals surface area contributed by atoms with Gasteiger partial charge in [-0.1, -0.05) is 19.8 Å². The molecule has 0 saturated carbocycles. The zero-order chi connectivity index (χ0) is 17.4. The van der Waals surface area contributed by atoms with Crippen LogP contribution in [0.5, 0.6) is 5.75 Å². The van der Waals surface area contributed by atoms with Gasteiger partial charge in [0.15, 0.2) is 0 Å². The van der Waals surface area contributed by atoms with Crippen molar-refractivity contribution in [3.8, 4) is 5.75 Å². The predicted octanol–water partition coefficient (Wildman–Crippen LogP) is 3.48. The number of carbonyl (C=O) groups is 1.